The molecule has 21 heavy (non-hydrogen) atoms. The molecule has 4 nitrogen and oxygen atoms in total. The Kier molecular flexibility index (Phi) is 4.87. The van der Waals surface area contributed by atoms with Gasteiger partial charge in [0.25, 0.3) is 0 Å². The number of thioether (sulfide) groups is 1. The average molecular weight is 323 g/mol. The van der Waals surface area contributed by atoms with Crippen LogP contribution in [0.4, 0.5) is 0 Å². The largest absolute Gasteiger partial charge is 0.497 e. The van der Waals surface area contributed by atoms with Crippen molar-refractivity contribution in [3.8, 4) is 5.75 Å². The van der Waals surface area contributed by atoms with Crippen LogP contribution in [0, 0.1) is 0 Å². The molecule has 1 N–H and O–H groups in total. The van der Waals surface area contributed by atoms with Crippen LogP contribution in [0.5, 0.6) is 5.75 Å². The molecule has 3 rings (SSSR count). The summed E-state index contributed by atoms with van der Waals surface area (Å²) in [6.07, 6.45) is 0. The molecule has 0 radical (unpaired) electrons. The number of nitrogens with one attached hydrogen (secondary N) is 1. The van der Waals surface area contributed by atoms with Crippen molar-refractivity contribution in [3.63, 3.8) is 0 Å². The van der Waals surface area contributed by atoms with Crippen LogP contribution in [0.2, 0.25) is 0 Å². The van der Waals surface area contributed by atoms with Gasteiger partial charge in [-0.2, -0.15) is 0 Å². The van der Waals surface area contributed by atoms with Crippen LogP contribution >= 0.6 is 24.0 Å². The van der Waals surface area contributed by atoms with Gasteiger partial charge in [-0.3, -0.25) is 0 Å². The first-order chi connectivity index (χ1) is 10.3. The molecule has 0 atom stereocenters. The Labute approximate surface area is 135 Å². The lowest BCUT2D eigenvalue weighted by molar-refractivity contribution is 0.301. The average Bonchev–Trinajstić information content (AvgIpc) is 2.76. The van der Waals surface area contributed by atoms with Gasteiger partial charge in [0.15, 0.2) is 5.11 Å². The summed E-state index contributed by atoms with van der Waals surface area (Å²) in [4.78, 5) is 6.00. The van der Waals surface area contributed by atoms with Gasteiger partial charge in [0.1, 0.15) is 5.75 Å². The van der Waals surface area contributed by atoms with E-state index in [-0.39, 0.29) is 0 Å². The monoisotopic (exact) mass is 323 g/mol. The predicted molar refractivity (Wildman–Crippen MR) is 91.2 cm³/mol. The van der Waals surface area contributed by atoms with E-state index in [2.05, 4.69) is 27.2 Å². The molecule has 1 fully saturated rings. The summed E-state index contributed by atoms with van der Waals surface area (Å²) < 4.78 is 5.35. The van der Waals surface area contributed by atoms with Gasteiger partial charge < -0.3 is 19.9 Å². The summed E-state index contributed by atoms with van der Waals surface area (Å²) in [5, 5.41) is 4.37. The van der Waals surface area contributed by atoms with E-state index in [1.54, 1.807) is 7.11 Å². The van der Waals surface area contributed by atoms with Crippen molar-refractivity contribution in [2.24, 2.45) is 0 Å². The minimum Gasteiger partial charge on any atom is -0.497 e. The van der Waals surface area contributed by atoms with Crippen LogP contribution in [-0.4, -0.2) is 60.5 Å². The number of thiocarbonyl (C=S) groups is 1. The van der Waals surface area contributed by atoms with E-state index in [0.29, 0.717) is 0 Å². The Morgan fingerprint density at radius 1 is 1.24 bits per heavy atom. The summed E-state index contributed by atoms with van der Waals surface area (Å²) in [6, 6.07) is 6.34. The second-order valence-electron chi connectivity index (χ2n) is 5.26. The fourth-order valence-electron chi connectivity index (χ4n) is 2.72. The molecule has 114 valence electrons. The number of hydrogen-bond donors (Lipinski definition) is 1. The Morgan fingerprint density at radius 3 is 2.81 bits per heavy atom. The van der Waals surface area contributed by atoms with Gasteiger partial charge in [0.2, 0.25) is 0 Å². The second kappa shape index (κ2) is 6.85. The maximum Gasteiger partial charge on any atom is 0.171 e. The summed E-state index contributed by atoms with van der Waals surface area (Å²) in [7, 11) is 1.72. The van der Waals surface area contributed by atoms with Crippen LogP contribution < -0.4 is 10.1 Å². The first-order valence-electron chi connectivity index (χ1n) is 7.32. The predicted octanol–water partition coefficient (Wildman–Crippen LogP) is 1.79. The summed E-state index contributed by atoms with van der Waals surface area (Å²) in [5.41, 5.74) is 1.31. The Bertz CT molecular complexity index is 518. The lowest BCUT2D eigenvalue weighted by atomic mass is 10.2. The van der Waals surface area contributed by atoms with E-state index in [1.165, 1.54) is 10.5 Å². The number of fused-ring (bicyclic) bond motifs is 1. The maximum atomic E-state index is 5.73. The van der Waals surface area contributed by atoms with Gasteiger partial charge in [-0.1, -0.05) is 0 Å². The van der Waals surface area contributed by atoms with Gasteiger partial charge in [-0.05, 0) is 36.0 Å². The molecular formula is C15H21N3OS2. The van der Waals surface area contributed by atoms with E-state index < -0.39 is 0 Å². The quantitative estimate of drug-likeness (QED) is 0.792. The Hall–Kier alpha value is -0.980. The normalized spacial score (nSPS) is 18.9. The number of nitrogens with zero attached hydrogens (tertiary/aromatic N) is 2. The molecule has 1 saturated heterocycles. The molecule has 0 aromatic heterocycles. The Balaban J connectivity index is 1.76. The highest BCUT2D eigenvalue weighted by Gasteiger charge is 2.22. The molecule has 1 aromatic carbocycles. The van der Waals surface area contributed by atoms with Gasteiger partial charge >= 0.3 is 0 Å². The van der Waals surface area contributed by atoms with E-state index in [4.69, 9.17) is 17.0 Å². The van der Waals surface area contributed by atoms with Crippen LogP contribution in [0.3, 0.4) is 0 Å². The standard InChI is InChI=1S/C15H21N3OS2/c1-19-13-2-3-14-12(10-13)11-18(8-9-21-14)15(20)17-6-4-16-5-7-17/h2-3,10,16H,4-9,11H2,1H3. The maximum absolute atomic E-state index is 5.73. The third-order valence-corrected chi connectivity index (χ3v) is 5.52. The first-order valence-corrected chi connectivity index (χ1v) is 8.71. The Morgan fingerprint density at radius 2 is 2.05 bits per heavy atom. The molecular weight excluding hydrogens is 302 g/mol. The van der Waals surface area contributed by atoms with E-state index in [0.717, 1.165) is 55.9 Å². The zero-order valence-electron chi connectivity index (χ0n) is 12.3. The molecule has 2 aliphatic rings. The number of methoxy groups -OCH3 is 1. The number of benzene rings is 1. The number of ether oxygens (including phenoxy) is 1. The lowest BCUT2D eigenvalue weighted by Gasteiger charge is -2.35. The summed E-state index contributed by atoms with van der Waals surface area (Å²) >= 11 is 7.64. The fourth-order valence-corrected chi connectivity index (χ4v) is 4.06. The second-order valence-corrected chi connectivity index (χ2v) is 6.77. The van der Waals surface area contributed by atoms with Crippen LogP contribution in [0.15, 0.2) is 23.1 Å². The number of hydrogen-bond acceptors (Lipinski definition) is 4. The molecule has 1 aromatic rings. The molecule has 2 heterocycles. The lowest BCUT2D eigenvalue weighted by Crippen LogP contribution is -2.51. The molecule has 0 amide bonds. The van der Waals surface area contributed by atoms with Crippen molar-refractivity contribution in [2.75, 3.05) is 45.6 Å². The summed E-state index contributed by atoms with van der Waals surface area (Å²) in [6.45, 7) is 5.94. The fraction of sp³-hybridized carbons (Fsp3) is 0.533. The highest BCUT2D eigenvalue weighted by Crippen LogP contribution is 2.30. The zero-order chi connectivity index (χ0) is 14.7. The topological polar surface area (TPSA) is 27.7 Å². The molecule has 2 aliphatic heterocycles. The third-order valence-electron chi connectivity index (χ3n) is 3.91. The molecule has 6 heteroatoms. The van der Waals surface area contributed by atoms with Gasteiger partial charge in [0.05, 0.1) is 7.11 Å². The third kappa shape index (κ3) is 3.44. The van der Waals surface area contributed by atoms with Gasteiger partial charge in [-0.25, -0.2) is 0 Å². The first kappa shape index (κ1) is 14.9. The van der Waals surface area contributed by atoms with Crippen molar-refractivity contribution in [1.29, 1.82) is 0 Å². The van der Waals surface area contributed by atoms with E-state index >= 15 is 0 Å². The molecule has 0 spiro atoms. The van der Waals surface area contributed by atoms with E-state index in [9.17, 15) is 0 Å². The smallest absolute Gasteiger partial charge is 0.171 e. The minimum absolute atomic E-state index is 0.877. The van der Waals surface area contributed by atoms with E-state index in [1.807, 2.05) is 17.8 Å². The van der Waals surface area contributed by atoms with Crippen molar-refractivity contribution in [1.82, 2.24) is 15.1 Å². The van der Waals surface area contributed by atoms with Crippen molar-refractivity contribution >= 4 is 29.1 Å². The summed E-state index contributed by atoms with van der Waals surface area (Å²) in [5.74, 6) is 2.00. The molecule has 0 saturated carbocycles. The molecule has 0 bridgehead atoms. The van der Waals surface area contributed by atoms with Crippen LogP contribution in [-0.2, 0) is 6.54 Å². The minimum atomic E-state index is 0.877. The van der Waals surface area contributed by atoms with Crippen molar-refractivity contribution in [2.45, 2.75) is 11.4 Å². The van der Waals surface area contributed by atoms with Gasteiger partial charge in [-0.15, -0.1) is 11.8 Å². The number of rotatable bonds is 1. The molecule has 0 aliphatic carbocycles. The van der Waals surface area contributed by atoms with Crippen LogP contribution in [0.1, 0.15) is 5.56 Å². The molecule has 0 unspecified atom stereocenters. The van der Waals surface area contributed by atoms with Crippen molar-refractivity contribution in [3.05, 3.63) is 23.8 Å². The number of piperazine rings is 1. The van der Waals surface area contributed by atoms with Crippen LogP contribution in [0.25, 0.3) is 0 Å². The van der Waals surface area contributed by atoms with Crippen molar-refractivity contribution < 1.29 is 4.74 Å². The van der Waals surface area contributed by atoms with Gasteiger partial charge in [0, 0.05) is 49.9 Å². The highest BCUT2D eigenvalue weighted by molar-refractivity contribution is 7.99. The zero-order valence-corrected chi connectivity index (χ0v) is 13.9. The SMILES string of the molecule is COc1ccc2c(c1)CN(C(=S)N1CCNCC1)CCS2. The highest BCUT2D eigenvalue weighted by atomic mass is 32.2.